The maximum atomic E-state index is 6.02. The zero-order valence-electron chi connectivity index (χ0n) is 11.7. The van der Waals surface area contributed by atoms with Crippen molar-refractivity contribution in [2.45, 2.75) is 32.6 Å². The minimum Gasteiger partial charge on any atom is -0.332 e. The van der Waals surface area contributed by atoms with Gasteiger partial charge in [-0.15, -0.1) is 11.3 Å². The molecular formula is C15H16ClN3S2. The van der Waals surface area contributed by atoms with Crippen molar-refractivity contribution in [2.24, 2.45) is 0 Å². The molecule has 1 aliphatic carbocycles. The van der Waals surface area contributed by atoms with Crippen LogP contribution in [0.1, 0.15) is 29.0 Å². The van der Waals surface area contributed by atoms with Crippen LogP contribution in [-0.4, -0.2) is 10.1 Å². The first-order valence-corrected chi connectivity index (χ1v) is 8.55. The number of nitrogens with one attached hydrogen (secondary N) is 2. The minimum atomic E-state index is 0.548. The van der Waals surface area contributed by atoms with Crippen LogP contribution in [-0.2, 0) is 12.8 Å². The van der Waals surface area contributed by atoms with Crippen LogP contribution in [0.15, 0.2) is 18.2 Å². The molecule has 1 heterocycles. The molecule has 1 aromatic carbocycles. The monoisotopic (exact) mass is 337 g/mol. The van der Waals surface area contributed by atoms with E-state index in [4.69, 9.17) is 23.8 Å². The van der Waals surface area contributed by atoms with E-state index in [0.717, 1.165) is 29.2 Å². The normalized spacial score (nSPS) is 13.6. The van der Waals surface area contributed by atoms with Gasteiger partial charge in [0.1, 0.15) is 0 Å². The zero-order valence-corrected chi connectivity index (χ0v) is 14.1. The summed E-state index contributed by atoms with van der Waals surface area (Å²) in [4.78, 5) is 6.02. The first-order chi connectivity index (χ1) is 10.1. The number of anilines is 2. The Morgan fingerprint density at radius 2 is 2.10 bits per heavy atom. The van der Waals surface area contributed by atoms with Crippen LogP contribution in [0.4, 0.5) is 10.8 Å². The molecule has 0 bridgehead atoms. The van der Waals surface area contributed by atoms with Gasteiger partial charge in [-0.3, -0.25) is 0 Å². The summed E-state index contributed by atoms with van der Waals surface area (Å²) in [5, 5.41) is 8.47. The SMILES string of the molecule is Cc1ccc(Cl)cc1NC(=S)Nc1nc2c(s1)CCCC2. The predicted octanol–water partition coefficient (Wildman–Crippen LogP) is 4.79. The highest BCUT2D eigenvalue weighted by molar-refractivity contribution is 7.80. The number of benzene rings is 1. The van der Waals surface area contributed by atoms with Crippen molar-refractivity contribution in [3.05, 3.63) is 39.4 Å². The minimum absolute atomic E-state index is 0.548. The molecule has 2 aromatic rings. The highest BCUT2D eigenvalue weighted by Gasteiger charge is 2.15. The molecule has 2 N–H and O–H groups in total. The number of thiocarbonyl (C=S) groups is 1. The molecule has 1 aromatic heterocycles. The van der Waals surface area contributed by atoms with Gasteiger partial charge in [-0.05, 0) is 62.5 Å². The quantitative estimate of drug-likeness (QED) is 0.772. The highest BCUT2D eigenvalue weighted by atomic mass is 35.5. The van der Waals surface area contributed by atoms with E-state index in [0.29, 0.717) is 10.1 Å². The largest absolute Gasteiger partial charge is 0.332 e. The van der Waals surface area contributed by atoms with E-state index >= 15 is 0 Å². The lowest BCUT2D eigenvalue weighted by Gasteiger charge is -2.11. The lowest BCUT2D eigenvalue weighted by molar-refractivity contribution is 0.683. The van der Waals surface area contributed by atoms with E-state index < -0.39 is 0 Å². The van der Waals surface area contributed by atoms with Crippen molar-refractivity contribution in [1.29, 1.82) is 0 Å². The second-order valence-electron chi connectivity index (χ2n) is 5.13. The van der Waals surface area contributed by atoms with Gasteiger partial charge < -0.3 is 10.6 Å². The van der Waals surface area contributed by atoms with E-state index in [9.17, 15) is 0 Å². The molecule has 0 unspecified atom stereocenters. The van der Waals surface area contributed by atoms with Crippen molar-refractivity contribution in [3.8, 4) is 0 Å². The van der Waals surface area contributed by atoms with E-state index in [-0.39, 0.29) is 0 Å². The Morgan fingerprint density at radius 3 is 2.90 bits per heavy atom. The number of nitrogens with zero attached hydrogens (tertiary/aromatic N) is 1. The number of aryl methyl sites for hydroxylation is 3. The maximum Gasteiger partial charge on any atom is 0.189 e. The average Bonchev–Trinajstić information content (AvgIpc) is 2.84. The van der Waals surface area contributed by atoms with E-state index in [1.165, 1.54) is 23.4 Å². The number of aromatic nitrogens is 1. The smallest absolute Gasteiger partial charge is 0.189 e. The molecule has 0 fully saturated rings. The molecule has 110 valence electrons. The van der Waals surface area contributed by atoms with Crippen molar-refractivity contribution in [3.63, 3.8) is 0 Å². The van der Waals surface area contributed by atoms with Crippen molar-refractivity contribution in [2.75, 3.05) is 10.6 Å². The molecule has 21 heavy (non-hydrogen) atoms. The van der Waals surface area contributed by atoms with Gasteiger partial charge in [0, 0.05) is 15.6 Å². The zero-order chi connectivity index (χ0) is 14.8. The Bertz CT molecular complexity index is 658. The van der Waals surface area contributed by atoms with Crippen LogP contribution >= 0.6 is 35.2 Å². The Balaban J connectivity index is 1.69. The van der Waals surface area contributed by atoms with Crippen LogP contribution < -0.4 is 10.6 Å². The highest BCUT2D eigenvalue weighted by Crippen LogP contribution is 2.29. The van der Waals surface area contributed by atoms with Gasteiger partial charge in [-0.1, -0.05) is 17.7 Å². The third-order valence-corrected chi connectivity index (χ3v) is 5.03. The first kappa shape index (κ1) is 14.8. The summed E-state index contributed by atoms with van der Waals surface area (Å²) in [6, 6.07) is 5.71. The molecule has 3 rings (SSSR count). The maximum absolute atomic E-state index is 6.02. The molecule has 3 nitrogen and oxygen atoms in total. The number of hydrogen-bond acceptors (Lipinski definition) is 3. The van der Waals surface area contributed by atoms with Crippen molar-refractivity contribution in [1.82, 2.24) is 4.98 Å². The van der Waals surface area contributed by atoms with E-state index in [1.54, 1.807) is 11.3 Å². The molecular weight excluding hydrogens is 322 g/mol. The fourth-order valence-corrected chi connectivity index (χ4v) is 3.88. The van der Waals surface area contributed by atoms with Crippen LogP contribution in [0.2, 0.25) is 5.02 Å². The second-order valence-corrected chi connectivity index (χ2v) is 7.06. The van der Waals surface area contributed by atoms with Crippen molar-refractivity contribution >= 4 is 51.1 Å². The molecule has 0 atom stereocenters. The third-order valence-electron chi connectivity index (χ3n) is 3.51. The van der Waals surface area contributed by atoms with Gasteiger partial charge in [0.15, 0.2) is 10.2 Å². The summed E-state index contributed by atoms with van der Waals surface area (Å²) in [6.07, 6.45) is 4.73. The molecule has 0 saturated carbocycles. The van der Waals surface area contributed by atoms with E-state index in [2.05, 4.69) is 15.6 Å². The number of hydrogen-bond donors (Lipinski definition) is 2. The Morgan fingerprint density at radius 1 is 1.29 bits per heavy atom. The molecule has 0 amide bonds. The lowest BCUT2D eigenvalue weighted by Crippen LogP contribution is -2.19. The average molecular weight is 338 g/mol. The van der Waals surface area contributed by atoms with Gasteiger partial charge in [-0.25, -0.2) is 4.98 Å². The Kier molecular flexibility index (Phi) is 4.42. The molecule has 0 radical (unpaired) electrons. The molecule has 0 aliphatic heterocycles. The summed E-state index contributed by atoms with van der Waals surface area (Å²) in [5.41, 5.74) is 3.25. The van der Waals surface area contributed by atoms with Crippen LogP contribution in [0.25, 0.3) is 0 Å². The number of thiazole rings is 1. The molecule has 6 heteroatoms. The van der Waals surface area contributed by atoms with Crippen LogP contribution in [0.5, 0.6) is 0 Å². The van der Waals surface area contributed by atoms with Crippen LogP contribution in [0, 0.1) is 6.92 Å². The fourth-order valence-electron chi connectivity index (χ4n) is 2.39. The van der Waals surface area contributed by atoms with Crippen LogP contribution in [0.3, 0.4) is 0 Å². The lowest BCUT2D eigenvalue weighted by atomic mass is 10.0. The summed E-state index contributed by atoms with van der Waals surface area (Å²) in [5.74, 6) is 0. The number of rotatable bonds is 2. The summed E-state index contributed by atoms with van der Waals surface area (Å²) in [7, 11) is 0. The topological polar surface area (TPSA) is 37.0 Å². The van der Waals surface area contributed by atoms with E-state index in [1.807, 2.05) is 25.1 Å². The van der Waals surface area contributed by atoms with Gasteiger partial charge in [-0.2, -0.15) is 0 Å². The predicted molar refractivity (Wildman–Crippen MR) is 94.8 cm³/mol. The van der Waals surface area contributed by atoms with Gasteiger partial charge >= 0.3 is 0 Å². The number of fused-ring (bicyclic) bond motifs is 1. The number of halogens is 1. The Hall–Kier alpha value is -1.17. The van der Waals surface area contributed by atoms with Gasteiger partial charge in [0.2, 0.25) is 0 Å². The van der Waals surface area contributed by atoms with Gasteiger partial charge in [0.05, 0.1) is 5.69 Å². The van der Waals surface area contributed by atoms with Crippen molar-refractivity contribution < 1.29 is 0 Å². The molecule has 0 saturated heterocycles. The molecule has 1 aliphatic rings. The van der Waals surface area contributed by atoms with Gasteiger partial charge in [0.25, 0.3) is 0 Å². The summed E-state index contributed by atoms with van der Waals surface area (Å²) >= 11 is 13.1. The summed E-state index contributed by atoms with van der Waals surface area (Å²) < 4.78 is 0. The fraction of sp³-hybridized carbons (Fsp3) is 0.333. The standard InChI is InChI=1S/C15H16ClN3S2/c1-9-6-7-10(16)8-12(9)17-14(20)19-15-18-11-4-2-3-5-13(11)21-15/h6-8H,2-5H2,1H3,(H2,17,18,19,20). The Labute approximate surface area is 138 Å². The summed E-state index contributed by atoms with van der Waals surface area (Å²) in [6.45, 7) is 2.02. The third kappa shape index (κ3) is 3.54. The second kappa shape index (κ2) is 6.30. The first-order valence-electron chi connectivity index (χ1n) is 6.94. The molecule has 0 spiro atoms.